The molecule has 5 nitrogen and oxygen atoms in total. The molecule has 0 spiro atoms. The van der Waals surface area contributed by atoms with Gasteiger partial charge in [0.25, 0.3) is 5.91 Å². The third-order valence-corrected chi connectivity index (χ3v) is 2.24. The number of hydrogen-bond acceptors (Lipinski definition) is 3. The van der Waals surface area contributed by atoms with E-state index in [9.17, 15) is 9.59 Å². The molecular weight excluding hydrogens is 210 g/mol. The van der Waals surface area contributed by atoms with E-state index in [0.717, 1.165) is 0 Å². The zero-order chi connectivity index (χ0) is 12.3. The van der Waals surface area contributed by atoms with E-state index in [-0.39, 0.29) is 5.76 Å². The molecule has 0 aliphatic carbocycles. The Morgan fingerprint density at radius 2 is 2.19 bits per heavy atom. The van der Waals surface area contributed by atoms with Crippen molar-refractivity contribution in [1.82, 2.24) is 5.32 Å². The third kappa shape index (κ3) is 2.62. The molecule has 16 heavy (non-hydrogen) atoms. The van der Waals surface area contributed by atoms with E-state index >= 15 is 0 Å². The zero-order valence-electron chi connectivity index (χ0n) is 9.53. The van der Waals surface area contributed by atoms with Gasteiger partial charge in [-0.05, 0) is 19.9 Å². The van der Waals surface area contributed by atoms with Gasteiger partial charge in [0.15, 0.2) is 5.76 Å². The van der Waals surface area contributed by atoms with Crippen LogP contribution in [0.1, 0.15) is 35.7 Å². The SMILES string of the molecule is CCc1cc(C)c(C(=O)N[C@H](C)C(=O)O)o1. The van der Waals surface area contributed by atoms with Crippen LogP contribution < -0.4 is 5.32 Å². The molecular formula is C11H15NO4. The average Bonchev–Trinajstić information content (AvgIpc) is 2.59. The van der Waals surface area contributed by atoms with Crippen molar-refractivity contribution < 1.29 is 19.1 Å². The number of amides is 1. The smallest absolute Gasteiger partial charge is 0.325 e. The summed E-state index contributed by atoms with van der Waals surface area (Å²) in [5.41, 5.74) is 0.715. The normalized spacial score (nSPS) is 12.2. The minimum atomic E-state index is -1.08. The van der Waals surface area contributed by atoms with Crippen LogP contribution in [-0.2, 0) is 11.2 Å². The van der Waals surface area contributed by atoms with E-state index in [0.29, 0.717) is 17.7 Å². The van der Waals surface area contributed by atoms with Gasteiger partial charge in [-0.1, -0.05) is 6.92 Å². The molecule has 5 heteroatoms. The van der Waals surface area contributed by atoms with E-state index in [1.807, 2.05) is 6.92 Å². The van der Waals surface area contributed by atoms with Crippen molar-refractivity contribution in [2.75, 3.05) is 0 Å². The lowest BCUT2D eigenvalue weighted by Crippen LogP contribution is -2.38. The molecule has 0 fully saturated rings. The van der Waals surface area contributed by atoms with Gasteiger partial charge in [-0.3, -0.25) is 9.59 Å². The van der Waals surface area contributed by atoms with E-state index in [1.54, 1.807) is 13.0 Å². The average molecular weight is 225 g/mol. The Hall–Kier alpha value is -1.78. The molecule has 0 unspecified atom stereocenters. The van der Waals surface area contributed by atoms with Crippen molar-refractivity contribution in [3.05, 3.63) is 23.2 Å². The fourth-order valence-corrected chi connectivity index (χ4v) is 1.27. The van der Waals surface area contributed by atoms with Crippen LogP contribution in [0.2, 0.25) is 0 Å². The molecule has 0 saturated heterocycles. The van der Waals surface area contributed by atoms with Crippen molar-refractivity contribution in [2.45, 2.75) is 33.2 Å². The number of aryl methyl sites for hydroxylation is 2. The molecule has 1 aromatic rings. The topological polar surface area (TPSA) is 79.5 Å². The van der Waals surface area contributed by atoms with Crippen molar-refractivity contribution in [3.8, 4) is 0 Å². The second-order valence-electron chi connectivity index (χ2n) is 3.61. The highest BCUT2D eigenvalue weighted by Crippen LogP contribution is 2.15. The quantitative estimate of drug-likeness (QED) is 0.810. The largest absolute Gasteiger partial charge is 0.480 e. The number of aliphatic carboxylic acids is 1. The van der Waals surface area contributed by atoms with E-state index in [1.165, 1.54) is 6.92 Å². The fraction of sp³-hybridized carbons (Fsp3) is 0.455. The minimum absolute atomic E-state index is 0.185. The van der Waals surface area contributed by atoms with Gasteiger partial charge >= 0.3 is 5.97 Å². The van der Waals surface area contributed by atoms with E-state index < -0.39 is 17.9 Å². The highest BCUT2D eigenvalue weighted by molar-refractivity contribution is 5.95. The second kappa shape index (κ2) is 4.83. The lowest BCUT2D eigenvalue weighted by Gasteiger charge is -2.07. The van der Waals surface area contributed by atoms with Gasteiger partial charge in [-0.2, -0.15) is 0 Å². The summed E-state index contributed by atoms with van der Waals surface area (Å²) < 4.78 is 5.30. The van der Waals surface area contributed by atoms with Gasteiger partial charge in [0.1, 0.15) is 11.8 Å². The summed E-state index contributed by atoms with van der Waals surface area (Å²) in [5.74, 6) is -0.670. The van der Waals surface area contributed by atoms with Gasteiger partial charge in [0, 0.05) is 12.0 Å². The Morgan fingerprint density at radius 3 is 2.62 bits per heavy atom. The van der Waals surface area contributed by atoms with Gasteiger partial charge in [0.05, 0.1) is 0 Å². The summed E-state index contributed by atoms with van der Waals surface area (Å²) in [7, 11) is 0. The van der Waals surface area contributed by atoms with Crippen molar-refractivity contribution >= 4 is 11.9 Å². The van der Waals surface area contributed by atoms with Crippen molar-refractivity contribution in [3.63, 3.8) is 0 Å². The van der Waals surface area contributed by atoms with E-state index in [2.05, 4.69) is 5.32 Å². The summed E-state index contributed by atoms with van der Waals surface area (Å²) in [5, 5.41) is 11.0. The number of rotatable bonds is 4. The standard InChI is InChI=1S/C11H15NO4/c1-4-8-5-6(2)9(16-8)10(13)12-7(3)11(14)15/h5,7H,4H2,1-3H3,(H,12,13)(H,14,15)/t7-/m1/s1. The lowest BCUT2D eigenvalue weighted by molar-refractivity contribution is -0.138. The first-order chi connectivity index (χ1) is 7.45. The summed E-state index contributed by atoms with van der Waals surface area (Å²) >= 11 is 0. The molecule has 1 amide bonds. The van der Waals surface area contributed by atoms with Crippen LogP contribution in [0.4, 0.5) is 0 Å². The summed E-state index contributed by atoms with van der Waals surface area (Å²) in [6.45, 7) is 5.07. The number of furan rings is 1. The minimum Gasteiger partial charge on any atom is -0.480 e. The number of carboxylic acid groups (broad SMARTS) is 1. The van der Waals surface area contributed by atoms with Crippen molar-refractivity contribution in [2.24, 2.45) is 0 Å². The first-order valence-corrected chi connectivity index (χ1v) is 5.08. The van der Waals surface area contributed by atoms with Gasteiger partial charge < -0.3 is 14.8 Å². The Bertz CT molecular complexity index is 408. The molecule has 0 aliphatic heterocycles. The zero-order valence-corrected chi connectivity index (χ0v) is 9.53. The Kier molecular flexibility index (Phi) is 3.71. The second-order valence-corrected chi connectivity index (χ2v) is 3.61. The van der Waals surface area contributed by atoms with Gasteiger partial charge in [0.2, 0.25) is 0 Å². The highest BCUT2D eigenvalue weighted by Gasteiger charge is 2.19. The monoisotopic (exact) mass is 225 g/mol. The Morgan fingerprint density at radius 1 is 1.56 bits per heavy atom. The molecule has 0 aromatic carbocycles. The predicted molar refractivity (Wildman–Crippen MR) is 57.4 cm³/mol. The first-order valence-electron chi connectivity index (χ1n) is 5.08. The maximum Gasteiger partial charge on any atom is 0.325 e. The van der Waals surface area contributed by atoms with Gasteiger partial charge in [-0.25, -0.2) is 0 Å². The molecule has 2 N–H and O–H groups in total. The van der Waals surface area contributed by atoms with Crippen molar-refractivity contribution in [1.29, 1.82) is 0 Å². The fourth-order valence-electron chi connectivity index (χ4n) is 1.27. The van der Waals surface area contributed by atoms with Crippen LogP contribution in [-0.4, -0.2) is 23.0 Å². The van der Waals surface area contributed by atoms with Crippen LogP contribution >= 0.6 is 0 Å². The predicted octanol–water partition coefficient (Wildman–Crippen LogP) is 1.35. The number of nitrogens with one attached hydrogen (secondary N) is 1. The maximum atomic E-state index is 11.6. The molecule has 0 radical (unpaired) electrons. The molecule has 88 valence electrons. The molecule has 1 atom stereocenters. The molecule has 1 rings (SSSR count). The van der Waals surface area contributed by atoms with E-state index in [4.69, 9.17) is 9.52 Å². The maximum absolute atomic E-state index is 11.6. The molecule has 0 bridgehead atoms. The lowest BCUT2D eigenvalue weighted by atomic mass is 10.2. The third-order valence-electron chi connectivity index (χ3n) is 2.24. The Labute approximate surface area is 93.4 Å². The molecule has 1 heterocycles. The molecule has 0 aliphatic rings. The number of hydrogen-bond donors (Lipinski definition) is 2. The van der Waals surface area contributed by atoms with Crippen LogP contribution in [0.5, 0.6) is 0 Å². The van der Waals surface area contributed by atoms with Crippen LogP contribution in [0.25, 0.3) is 0 Å². The Balaban J connectivity index is 2.80. The van der Waals surface area contributed by atoms with Gasteiger partial charge in [-0.15, -0.1) is 0 Å². The summed E-state index contributed by atoms with van der Waals surface area (Å²) in [4.78, 5) is 22.2. The summed E-state index contributed by atoms with van der Waals surface area (Å²) in [6, 6.07) is 0.849. The summed E-state index contributed by atoms with van der Waals surface area (Å²) in [6.07, 6.45) is 0.697. The number of carbonyl (C=O) groups excluding carboxylic acids is 1. The molecule has 1 aromatic heterocycles. The van der Waals surface area contributed by atoms with Crippen LogP contribution in [0.15, 0.2) is 10.5 Å². The first kappa shape index (κ1) is 12.3. The van der Waals surface area contributed by atoms with Crippen LogP contribution in [0, 0.1) is 6.92 Å². The highest BCUT2D eigenvalue weighted by atomic mass is 16.4. The number of carbonyl (C=O) groups is 2. The van der Waals surface area contributed by atoms with Crippen LogP contribution in [0.3, 0.4) is 0 Å². The number of carboxylic acids is 1. The molecule has 0 saturated carbocycles.